The van der Waals surface area contributed by atoms with Crippen LogP contribution < -0.4 is 10.2 Å². The third-order valence-electron chi connectivity index (χ3n) is 4.37. The normalized spacial score (nSPS) is 18.3. The zero-order chi connectivity index (χ0) is 18.0. The van der Waals surface area contributed by atoms with E-state index in [1.807, 2.05) is 24.3 Å². The highest BCUT2D eigenvalue weighted by Crippen LogP contribution is 2.31. The molecular formula is C19H18BrFN2O2. The Kier molecular flexibility index (Phi) is 5.18. The van der Waals surface area contributed by atoms with Gasteiger partial charge in [-0.05, 0) is 41.1 Å². The number of hydrogen-bond acceptors (Lipinski definition) is 2. The molecule has 0 radical (unpaired) electrons. The van der Waals surface area contributed by atoms with Gasteiger partial charge < -0.3 is 10.2 Å². The average Bonchev–Trinajstić information content (AvgIpc) is 2.97. The van der Waals surface area contributed by atoms with Crippen molar-refractivity contribution in [3.8, 4) is 0 Å². The van der Waals surface area contributed by atoms with Crippen LogP contribution in [0.2, 0.25) is 0 Å². The fourth-order valence-corrected chi connectivity index (χ4v) is 3.52. The molecule has 1 aliphatic heterocycles. The Bertz CT molecular complexity index is 812. The molecule has 0 saturated carbocycles. The molecule has 130 valence electrons. The Hall–Kier alpha value is -2.21. The summed E-state index contributed by atoms with van der Waals surface area (Å²) < 4.78 is 14.6. The monoisotopic (exact) mass is 404 g/mol. The molecule has 2 aromatic rings. The van der Waals surface area contributed by atoms with Gasteiger partial charge in [0.1, 0.15) is 5.82 Å². The van der Waals surface area contributed by atoms with Gasteiger partial charge in [0.25, 0.3) is 0 Å². The molecule has 1 saturated heterocycles. The quantitative estimate of drug-likeness (QED) is 0.841. The van der Waals surface area contributed by atoms with E-state index < -0.39 is 12.0 Å². The van der Waals surface area contributed by atoms with Crippen LogP contribution in [0.15, 0.2) is 53.0 Å². The van der Waals surface area contributed by atoms with Crippen molar-refractivity contribution in [2.45, 2.75) is 19.4 Å². The molecule has 4 nitrogen and oxygen atoms in total. The summed E-state index contributed by atoms with van der Waals surface area (Å²) in [5, 5.41) is 2.82. The van der Waals surface area contributed by atoms with Gasteiger partial charge >= 0.3 is 0 Å². The highest BCUT2D eigenvalue weighted by Gasteiger charge is 2.36. The maximum atomic E-state index is 13.8. The number of hydrogen-bond donors (Lipinski definition) is 1. The molecule has 6 heteroatoms. The van der Waals surface area contributed by atoms with Gasteiger partial charge in [-0.25, -0.2) is 4.39 Å². The molecule has 0 bridgehead atoms. The molecule has 2 atom stereocenters. The minimum Gasteiger partial charge on any atom is -0.349 e. The van der Waals surface area contributed by atoms with E-state index in [0.717, 1.165) is 10.2 Å². The summed E-state index contributed by atoms with van der Waals surface area (Å²) in [5.74, 6) is -1.13. The Morgan fingerprint density at radius 2 is 1.92 bits per heavy atom. The van der Waals surface area contributed by atoms with Crippen LogP contribution in [0.3, 0.4) is 0 Å². The van der Waals surface area contributed by atoms with E-state index in [1.54, 1.807) is 30.0 Å². The molecule has 1 fully saturated rings. The molecule has 0 unspecified atom stereocenters. The van der Waals surface area contributed by atoms with Gasteiger partial charge in [-0.3, -0.25) is 9.59 Å². The van der Waals surface area contributed by atoms with Crippen LogP contribution in [0.5, 0.6) is 0 Å². The first-order valence-electron chi connectivity index (χ1n) is 8.07. The first kappa shape index (κ1) is 17.6. The Labute approximate surface area is 154 Å². The Balaban J connectivity index is 1.69. The average molecular weight is 405 g/mol. The van der Waals surface area contributed by atoms with Crippen LogP contribution in [-0.4, -0.2) is 18.4 Å². The number of halogens is 2. The SMILES string of the molecule is C[C@H](NC(=O)[C@H]1CC(=O)N(c2ccccc2Br)C1)c1ccccc1F. The second-order valence-electron chi connectivity index (χ2n) is 6.11. The predicted octanol–water partition coefficient (Wildman–Crippen LogP) is 3.82. The Morgan fingerprint density at radius 1 is 1.24 bits per heavy atom. The molecule has 25 heavy (non-hydrogen) atoms. The molecule has 3 rings (SSSR count). The van der Waals surface area contributed by atoms with Crippen LogP contribution in [0.25, 0.3) is 0 Å². The van der Waals surface area contributed by atoms with E-state index >= 15 is 0 Å². The minimum atomic E-state index is -0.457. The van der Waals surface area contributed by atoms with Crippen molar-refractivity contribution in [1.29, 1.82) is 0 Å². The molecule has 0 aliphatic carbocycles. The standard InChI is InChI=1S/C19H18BrFN2O2/c1-12(14-6-2-4-8-16(14)21)22-19(25)13-10-18(24)23(11-13)17-9-5-3-7-15(17)20/h2-9,12-13H,10-11H2,1H3,(H,22,25)/t12-,13-/m0/s1. The summed E-state index contributed by atoms with van der Waals surface area (Å²) in [5.41, 5.74) is 1.19. The number of anilines is 1. The number of carbonyl (C=O) groups is 2. The lowest BCUT2D eigenvalue weighted by Crippen LogP contribution is -2.34. The number of para-hydroxylation sites is 1. The number of carbonyl (C=O) groups excluding carboxylic acids is 2. The van der Waals surface area contributed by atoms with Gasteiger partial charge in [-0.1, -0.05) is 30.3 Å². The maximum Gasteiger partial charge on any atom is 0.227 e. The fourth-order valence-electron chi connectivity index (χ4n) is 3.02. The van der Waals surface area contributed by atoms with Crippen LogP contribution in [0.4, 0.5) is 10.1 Å². The molecule has 0 aromatic heterocycles. The Morgan fingerprint density at radius 3 is 2.64 bits per heavy atom. The lowest BCUT2D eigenvalue weighted by molar-refractivity contribution is -0.126. The summed E-state index contributed by atoms with van der Waals surface area (Å²) in [6.45, 7) is 2.05. The van der Waals surface area contributed by atoms with Crippen molar-refractivity contribution < 1.29 is 14.0 Å². The number of amides is 2. The lowest BCUT2D eigenvalue weighted by Gasteiger charge is -2.20. The van der Waals surface area contributed by atoms with Gasteiger partial charge in [0.2, 0.25) is 11.8 Å². The number of nitrogens with one attached hydrogen (secondary N) is 1. The molecule has 1 heterocycles. The summed E-state index contributed by atoms with van der Waals surface area (Å²) in [6.07, 6.45) is 0.150. The fraction of sp³-hybridized carbons (Fsp3) is 0.263. The van der Waals surface area contributed by atoms with Crippen molar-refractivity contribution in [2.75, 3.05) is 11.4 Å². The molecule has 1 N–H and O–H groups in total. The number of benzene rings is 2. The zero-order valence-electron chi connectivity index (χ0n) is 13.7. The predicted molar refractivity (Wildman–Crippen MR) is 97.6 cm³/mol. The third-order valence-corrected chi connectivity index (χ3v) is 5.04. The van der Waals surface area contributed by atoms with E-state index in [9.17, 15) is 14.0 Å². The molecule has 2 aromatic carbocycles. The van der Waals surface area contributed by atoms with E-state index in [1.165, 1.54) is 6.07 Å². The van der Waals surface area contributed by atoms with Crippen molar-refractivity contribution in [2.24, 2.45) is 5.92 Å². The second kappa shape index (κ2) is 7.35. The van der Waals surface area contributed by atoms with E-state index in [0.29, 0.717) is 12.1 Å². The highest BCUT2D eigenvalue weighted by atomic mass is 79.9. The zero-order valence-corrected chi connectivity index (χ0v) is 15.3. The van der Waals surface area contributed by atoms with Gasteiger partial charge in [0.05, 0.1) is 17.6 Å². The van der Waals surface area contributed by atoms with Gasteiger partial charge in [-0.15, -0.1) is 0 Å². The molecule has 2 amide bonds. The first-order valence-corrected chi connectivity index (χ1v) is 8.86. The van der Waals surface area contributed by atoms with Crippen LogP contribution in [0, 0.1) is 11.7 Å². The first-order chi connectivity index (χ1) is 12.0. The number of rotatable bonds is 4. The summed E-state index contributed by atoms with van der Waals surface area (Å²) in [7, 11) is 0. The summed E-state index contributed by atoms with van der Waals surface area (Å²) >= 11 is 3.43. The van der Waals surface area contributed by atoms with Crippen molar-refractivity contribution in [3.05, 3.63) is 64.4 Å². The highest BCUT2D eigenvalue weighted by molar-refractivity contribution is 9.10. The van der Waals surface area contributed by atoms with Crippen molar-refractivity contribution in [3.63, 3.8) is 0 Å². The third kappa shape index (κ3) is 3.74. The van der Waals surface area contributed by atoms with Crippen LogP contribution in [-0.2, 0) is 9.59 Å². The molecule has 1 aliphatic rings. The largest absolute Gasteiger partial charge is 0.349 e. The van der Waals surface area contributed by atoms with E-state index in [-0.39, 0.29) is 24.1 Å². The molecular weight excluding hydrogens is 387 g/mol. The van der Waals surface area contributed by atoms with Crippen LogP contribution in [0.1, 0.15) is 24.9 Å². The molecule has 0 spiro atoms. The number of nitrogens with zero attached hydrogens (tertiary/aromatic N) is 1. The smallest absolute Gasteiger partial charge is 0.227 e. The topological polar surface area (TPSA) is 49.4 Å². The van der Waals surface area contributed by atoms with E-state index in [4.69, 9.17) is 0 Å². The van der Waals surface area contributed by atoms with Gasteiger partial charge in [0, 0.05) is 23.0 Å². The van der Waals surface area contributed by atoms with Crippen molar-refractivity contribution >= 4 is 33.4 Å². The maximum absolute atomic E-state index is 13.8. The summed E-state index contributed by atoms with van der Waals surface area (Å²) in [4.78, 5) is 26.5. The van der Waals surface area contributed by atoms with Crippen molar-refractivity contribution in [1.82, 2.24) is 5.32 Å². The van der Waals surface area contributed by atoms with E-state index in [2.05, 4.69) is 21.2 Å². The minimum absolute atomic E-state index is 0.0920. The second-order valence-corrected chi connectivity index (χ2v) is 6.96. The van der Waals surface area contributed by atoms with Crippen LogP contribution >= 0.6 is 15.9 Å². The summed E-state index contributed by atoms with van der Waals surface area (Å²) in [6, 6.07) is 13.3. The van der Waals surface area contributed by atoms with Gasteiger partial charge in [0.15, 0.2) is 0 Å². The van der Waals surface area contributed by atoms with Gasteiger partial charge in [-0.2, -0.15) is 0 Å². The lowest BCUT2D eigenvalue weighted by atomic mass is 10.0.